The van der Waals surface area contributed by atoms with Crippen LogP contribution in [0.5, 0.6) is 0 Å². The molecule has 0 bridgehead atoms. The SMILES string of the molecule is C/C=C/C=C/C(=O)OCC(=O)Nc1cccc(S(=O)(=O)N2CCCCC2)c1. The lowest BCUT2D eigenvalue weighted by Crippen LogP contribution is -2.35. The van der Waals surface area contributed by atoms with Crippen molar-refractivity contribution in [3.63, 3.8) is 0 Å². The van der Waals surface area contributed by atoms with Crippen LogP contribution in [0.2, 0.25) is 0 Å². The van der Waals surface area contributed by atoms with Crippen LogP contribution in [0.4, 0.5) is 5.69 Å². The van der Waals surface area contributed by atoms with Gasteiger partial charge in [0.05, 0.1) is 4.90 Å². The molecule has 1 aromatic rings. The van der Waals surface area contributed by atoms with Gasteiger partial charge in [-0.1, -0.05) is 30.7 Å². The monoisotopic (exact) mass is 392 g/mol. The molecule has 1 saturated heterocycles. The Morgan fingerprint density at radius 1 is 1.19 bits per heavy atom. The Morgan fingerprint density at radius 2 is 1.93 bits per heavy atom. The third-order valence-corrected chi connectivity index (χ3v) is 5.85. The van der Waals surface area contributed by atoms with Crippen LogP contribution in [0.1, 0.15) is 26.2 Å². The zero-order valence-electron chi connectivity index (χ0n) is 15.3. The number of esters is 1. The predicted octanol–water partition coefficient (Wildman–Crippen LogP) is 2.48. The molecular weight excluding hydrogens is 368 g/mol. The summed E-state index contributed by atoms with van der Waals surface area (Å²) in [5, 5.41) is 2.54. The van der Waals surface area contributed by atoms with Gasteiger partial charge in [0.1, 0.15) is 0 Å². The van der Waals surface area contributed by atoms with Gasteiger partial charge >= 0.3 is 5.97 Å². The minimum absolute atomic E-state index is 0.133. The lowest BCUT2D eigenvalue weighted by Gasteiger charge is -2.26. The summed E-state index contributed by atoms with van der Waals surface area (Å²) in [5.74, 6) is -1.18. The summed E-state index contributed by atoms with van der Waals surface area (Å²) in [6.07, 6.45) is 8.86. The number of piperidine rings is 1. The van der Waals surface area contributed by atoms with Crippen LogP contribution in [-0.4, -0.2) is 44.3 Å². The smallest absolute Gasteiger partial charge is 0.331 e. The van der Waals surface area contributed by atoms with E-state index in [4.69, 9.17) is 4.74 Å². The van der Waals surface area contributed by atoms with Gasteiger partial charge in [-0.2, -0.15) is 4.31 Å². The molecule has 0 atom stereocenters. The molecule has 1 aliphatic rings. The van der Waals surface area contributed by atoms with Gasteiger partial charge in [0.2, 0.25) is 10.0 Å². The number of carbonyl (C=O) groups excluding carboxylic acids is 2. The Morgan fingerprint density at radius 3 is 2.63 bits per heavy atom. The van der Waals surface area contributed by atoms with Crippen molar-refractivity contribution in [1.29, 1.82) is 0 Å². The highest BCUT2D eigenvalue weighted by molar-refractivity contribution is 7.89. The first-order valence-electron chi connectivity index (χ1n) is 8.79. The molecule has 7 nitrogen and oxygen atoms in total. The third kappa shape index (κ3) is 6.33. The molecule has 27 heavy (non-hydrogen) atoms. The number of rotatable bonds is 7. The van der Waals surface area contributed by atoms with E-state index < -0.39 is 28.5 Å². The maximum atomic E-state index is 12.7. The van der Waals surface area contributed by atoms with Gasteiger partial charge < -0.3 is 10.1 Å². The zero-order valence-corrected chi connectivity index (χ0v) is 16.1. The van der Waals surface area contributed by atoms with Gasteiger partial charge in [-0.25, -0.2) is 13.2 Å². The lowest BCUT2D eigenvalue weighted by atomic mass is 10.2. The van der Waals surface area contributed by atoms with Gasteiger partial charge in [0, 0.05) is 24.9 Å². The molecule has 146 valence electrons. The first-order chi connectivity index (χ1) is 12.9. The van der Waals surface area contributed by atoms with E-state index in [-0.39, 0.29) is 4.90 Å². The number of sulfonamides is 1. The number of anilines is 1. The second kappa shape index (κ2) is 10.0. The highest BCUT2D eigenvalue weighted by Crippen LogP contribution is 2.22. The quantitative estimate of drug-likeness (QED) is 0.437. The van der Waals surface area contributed by atoms with Gasteiger partial charge in [-0.15, -0.1) is 0 Å². The minimum Gasteiger partial charge on any atom is -0.452 e. The van der Waals surface area contributed by atoms with Gasteiger partial charge in [0.15, 0.2) is 6.61 Å². The van der Waals surface area contributed by atoms with Crippen LogP contribution in [0.3, 0.4) is 0 Å². The van der Waals surface area contributed by atoms with E-state index in [1.165, 1.54) is 28.6 Å². The summed E-state index contributed by atoms with van der Waals surface area (Å²) >= 11 is 0. The van der Waals surface area contributed by atoms with Crippen molar-refractivity contribution in [3.8, 4) is 0 Å². The first kappa shape index (κ1) is 20.9. The highest BCUT2D eigenvalue weighted by Gasteiger charge is 2.26. The molecule has 1 aliphatic heterocycles. The van der Waals surface area contributed by atoms with E-state index in [9.17, 15) is 18.0 Å². The number of nitrogens with zero attached hydrogens (tertiary/aromatic N) is 1. The van der Waals surface area contributed by atoms with Crippen LogP contribution in [-0.2, 0) is 24.3 Å². The van der Waals surface area contributed by atoms with Gasteiger partial charge in [0.25, 0.3) is 5.91 Å². The van der Waals surface area contributed by atoms with E-state index in [0.29, 0.717) is 18.8 Å². The van der Waals surface area contributed by atoms with Crippen LogP contribution >= 0.6 is 0 Å². The molecule has 1 N–H and O–H groups in total. The average molecular weight is 392 g/mol. The van der Waals surface area contributed by atoms with E-state index in [1.54, 1.807) is 24.3 Å². The molecule has 0 aliphatic carbocycles. The highest BCUT2D eigenvalue weighted by atomic mass is 32.2. The molecule has 0 spiro atoms. The molecule has 0 radical (unpaired) electrons. The van der Waals surface area contributed by atoms with Crippen molar-refractivity contribution in [2.75, 3.05) is 25.0 Å². The molecule has 0 unspecified atom stereocenters. The van der Waals surface area contributed by atoms with Crippen molar-refractivity contribution in [2.45, 2.75) is 31.1 Å². The van der Waals surface area contributed by atoms with Crippen molar-refractivity contribution in [1.82, 2.24) is 4.31 Å². The van der Waals surface area contributed by atoms with Gasteiger partial charge in [-0.05, 0) is 38.0 Å². The number of ether oxygens (including phenoxy) is 1. The topological polar surface area (TPSA) is 92.8 Å². The number of benzene rings is 1. The average Bonchev–Trinajstić information content (AvgIpc) is 2.67. The Kier molecular flexibility index (Phi) is 7.75. The Bertz CT molecular complexity index is 824. The largest absolute Gasteiger partial charge is 0.452 e. The molecule has 8 heteroatoms. The number of amides is 1. The molecule has 1 fully saturated rings. The fourth-order valence-corrected chi connectivity index (χ4v) is 4.18. The molecule has 1 aromatic carbocycles. The molecule has 2 rings (SSSR count). The van der Waals surface area contributed by atoms with E-state index in [0.717, 1.165) is 19.3 Å². The maximum absolute atomic E-state index is 12.7. The summed E-state index contributed by atoms with van der Waals surface area (Å²) in [6, 6.07) is 6.07. The molecule has 1 heterocycles. The summed E-state index contributed by atoms with van der Waals surface area (Å²) < 4.78 is 31.7. The number of hydrogen-bond acceptors (Lipinski definition) is 5. The third-order valence-electron chi connectivity index (χ3n) is 3.95. The Hall–Kier alpha value is -2.45. The standard InChI is InChI=1S/C19H24N2O5S/c1-2-3-5-11-19(23)26-15-18(22)20-16-9-8-10-17(14-16)27(24,25)21-12-6-4-7-13-21/h2-3,5,8-11,14H,4,6-7,12-13,15H2,1H3,(H,20,22)/b3-2+,11-5+. The van der Waals surface area contributed by atoms with Crippen molar-refractivity contribution in [2.24, 2.45) is 0 Å². The van der Waals surface area contributed by atoms with Crippen molar-refractivity contribution < 1.29 is 22.7 Å². The number of nitrogens with one attached hydrogen (secondary N) is 1. The predicted molar refractivity (Wildman–Crippen MR) is 103 cm³/mol. The second-order valence-corrected chi connectivity index (χ2v) is 7.97. The molecule has 0 aromatic heterocycles. The fourth-order valence-electron chi connectivity index (χ4n) is 2.62. The first-order valence-corrected chi connectivity index (χ1v) is 10.2. The maximum Gasteiger partial charge on any atom is 0.331 e. The Labute approximate surface area is 159 Å². The van der Waals surface area contributed by atoms with Crippen molar-refractivity contribution in [3.05, 3.63) is 48.6 Å². The van der Waals surface area contributed by atoms with Crippen LogP contribution < -0.4 is 5.32 Å². The number of allylic oxidation sites excluding steroid dienone is 3. The molecule has 0 saturated carbocycles. The van der Waals surface area contributed by atoms with Crippen LogP contribution in [0, 0.1) is 0 Å². The zero-order chi connectivity index (χ0) is 19.7. The summed E-state index contributed by atoms with van der Waals surface area (Å²) in [6.45, 7) is 2.37. The normalized spacial score (nSPS) is 15.9. The fraction of sp³-hybridized carbons (Fsp3) is 0.368. The van der Waals surface area contributed by atoms with Gasteiger partial charge in [-0.3, -0.25) is 4.79 Å². The van der Waals surface area contributed by atoms with Crippen molar-refractivity contribution >= 4 is 27.6 Å². The molecular formula is C19H24N2O5S. The second-order valence-electron chi connectivity index (χ2n) is 6.03. The van der Waals surface area contributed by atoms with E-state index in [1.807, 2.05) is 6.92 Å². The summed E-state index contributed by atoms with van der Waals surface area (Å²) in [7, 11) is -3.58. The van der Waals surface area contributed by atoms with Crippen LogP contribution in [0.15, 0.2) is 53.5 Å². The minimum atomic E-state index is -3.58. The van der Waals surface area contributed by atoms with Crippen LogP contribution in [0.25, 0.3) is 0 Å². The Balaban J connectivity index is 1.96. The van der Waals surface area contributed by atoms with E-state index in [2.05, 4.69) is 5.32 Å². The van der Waals surface area contributed by atoms with E-state index >= 15 is 0 Å². The molecule has 1 amide bonds. The summed E-state index contributed by atoms with van der Waals surface area (Å²) in [5.41, 5.74) is 0.332. The summed E-state index contributed by atoms with van der Waals surface area (Å²) in [4.78, 5) is 23.5. The lowest BCUT2D eigenvalue weighted by molar-refractivity contribution is -0.142. The number of hydrogen-bond donors (Lipinski definition) is 1. The number of carbonyl (C=O) groups is 2.